The van der Waals surface area contributed by atoms with Crippen LogP contribution in [0.5, 0.6) is 0 Å². The first-order valence-corrected chi connectivity index (χ1v) is 8.18. The number of amides is 1. The third kappa shape index (κ3) is 3.48. The van der Waals surface area contributed by atoms with E-state index < -0.39 is 0 Å². The van der Waals surface area contributed by atoms with E-state index in [2.05, 4.69) is 10.2 Å². The highest BCUT2D eigenvalue weighted by atomic mass is 35.5. The Kier molecular flexibility index (Phi) is 5.74. The predicted octanol–water partition coefficient (Wildman–Crippen LogP) is 2.69. The first-order chi connectivity index (χ1) is 9.26. The van der Waals surface area contributed by atoms with Crippen LogP contribution in [-0.2, 0) is 4.79 Å². The van der Waals surface area contributed by atoms with Crippen molar-refractivity contribution in [1.82, 2.24) is 10.2 Å². The van der Waals surface area contributed by atoms with Crippen LogP contribution in [0.25, 0.3) is 0 Å². The van der Waals surface area contributed by atoms with Gasteiger partial charge in [0.25, 0.3) is 0 Å². The predicted molar refractivity (Wildman–Crippen MR) is 84.0 cm³/mol. The van der Waals surface area contributed by atoms with Gasteiger partial charge in [-0.1, -0.05) is 6.42 Å². The van der Waals surface area contributed by atoms with Crippen LogP contribution in [0.3, 0.4) is 0 Å². The highest BCUT2D eigenvalue weighted by molar-refractivity contribution is 5.85. The second-order valence-electron chi connectivity index (χ2n) is 7.04. The molecule has 4 unspecified atom stereocenters. The fraction of sp³-hybridized carbons (Fsp3) is 0.938. The molecule has 3 nitrogen and oxygen atoms in total. The zero-order valence-corrected chi connectivity index (χ0v) is 13.5. The first-order valence-electron chi connectivity index (χ1n) is 8.18. The molecule has 1 amide bonds. The van der Waals surface area contributed by atoms with E-state index in [1.807, 2.05) is 7.05 Å². The molecule has 1 saturated heterocycles. The van der Waals surface area contributed by atoms with Gasteiger partial charge in [0, 0.05) is 19.5 Å². The molecule has 0 aromatic rings. The summed E-state index contributed by atoms with van der Waals surface area (Å²) in [7, 11) is 2.01. The second-order valence-corrected chi connectivity index (χ2v) is 7.04. The topological polar surface area (TPSA) is 32.3 Å². The minimum atomic E-state index is 0. The molecule has 2 aliphatic carbocycles. The molecule has 3 fully saturated rings. The summed E-state index contributed by atoms with van der Waals surface area (Å²) in [5.41, 5.74) is 0. The van der Waals surface area contributed by atoms with E-state index in [9.17, 15) is 4.79 Å². The van der Waals surface area contributed by atoms with Crippen molar-refractivity contribution in [2.45, 2.75) is 44.9 Å². The number of nitrogens with one attached hydrogen (secondary N) is 1. The maximum atomic E-state index is 12.5. The molecule has 1 heterocycles. The van der Waals surface area contributed by atoms with Gasteiger partial charge in [0.2, 0.25) is 5.91 Å². The van der Waals surface area contributed by atoms with Gasteiger partial charge in [0.1, 0.15) is 0 Å². The molecular formula is C16H29ClN2O. The maximum absolute atomic E-state index is 12.5. The SMILES string of the molecule is CNCC1CCCN(C(=O)CC2CC3CCC2C3)C1.Cl. The van der Waals surface area contributed by atoms with Crippen LogP contribution in [0.2, 0.25) is 0 Å². The molecule has 1 N–H and O–H groups in total. The Morgan fingerprint density at radius 1 is 1.25 bits per heavy atom. The van der Waals surface area contributed by atoms with Crippen molar-refractivity contribution in [2.75, 3.05) is 26.7 Å². The Morgan fingerprint density at radius 3 is 2.75 bits per heavy atom. The van der Waals surface area contributed by atoms with Crippen molar-refractivity contribution in [1.29, 1.82) is 0 Å². The number of nitrogens with zero attached hydrogens (tertiary/aromatic N) is 1. The maximum Gasteiger partial charge on any atom is 0.222 e. The molecule has 2 saturated carbocycles. The molecule has 0 radical (unpaired) electrons. The number of carbonyl (C=O) groups excluding carboxylic acids is 1. The van der Waals surface area contributed by atoms with Crippen LogP contribution in [0.15, 0.2) is 0 Å². The lowest BCUT2D eigenvalue weighted by Crippen LogP contribution is -2.43. The zero-order chi connectivity index (χ0) is 13.2. The molecular weight excluding hydrogens is 272 g/mol. The van der Waals surface area contributed by atoms with Crippen LogP contribution in [-0.4, -0.2) is 37.5 Å². The second kappa shape index (κ2) is 7.13. The number of carbonyl (C=O) groups is 1. The molecule has 0 spiro atoms. The van der Waals surface area contributed by atoms with Gasteiger partial charge in [-0.15, -0.1) is 12.4 Å². The standard InChI is InChI=1S/C16H28N2O.ClH/c1-17-10-13-3-2-6-18(11-13)16(19)9-15-8-12-4-5-14(15)7-12;/h12-15,17H,2-11H2,1H3;1H. The van der Waals surface area contributed by atoms with Crippen molar-refractivity contribution < 1.29 is 4.79 Å². The minimum Gasteiger partial charge on any atom is -0.342 e. The number of hydrogen-bond acceptors (Lipinski definition) is 2. The number of piperidine rings is 1. The Bertz CT molecular complexity index is 334. The van der Waals surface area contributed by atoms with E-state index in [1.54, 1.807) is 0 Å². The van der Waals surface area contributed by atoms with E-state index in [1.165, 1.54) is 38.5 Å². The molecule has 116 valence electrons. The van der Waals surface area contributed by atoms with E-state index >= 15 is 0 Å². The summed E-state index contributed by atoms with van der Waals surface area (Å²) in [5, 5.41) is 3.25. The molecule has 4 heteroatoms. The van der Waals surface area contributed by atoms with Gasteiger partial charge >= 0.3 is 0 Å². The summed E-state index contributed by atoms with van der Waals surface area (Å²) in [6, 6.07) is 0. The number of hydrogen-bond donors (Lipinski definition) is 1. The molecule has 20 heavy (non-hydrogen) atoms. The Morgan fingerprint density at radius 2 is 2.10 bits per heavy atom. The molecule has 2 bridgehead atoms. The molecule has 3 rings (SSSR count). The number of likely N-dealkylation sites (tertiary alicyclic amines) is 1. The molecule has 1 aliphatic heterocycles. The number of halogens is 1. The average Bonchev–Trinajstić information content (AvgIpc) is 3.02. The lowest BCUT2D eigenvalue weighted by atomic mass is 9.86. The third-order valence-electron chi connectivity index (χ3n) is 5.69. The van der Waals surface area contributed by atoms with Crippen LogP contribution >= 0.6 is 12.4 Å². The van der Waals surface area contributed by atoms with Gasteiger partial charge in [-0.25, -0.2) is 0 Å². The van der Waals surface area contributed by atoms with Gasteiger partial charge in [0.05, 0.1) is 0 Å². The summed E-state index contributed by atoms with van der Waals surface area (Å²) in [4.78, 5) is 14.6. The van der Waals surface area contributed by atoms with E-state index in [4.69, 9.17) is 0 Å². The van der Waals surface area contributed by atoms with Gasteiger partial charge in [-0.3, -0.25) is 4.79 Å². The fourth-order valence-electron chi connectivity index (χ4n) is 4.73. The van der Waals surface area contributed by atoms with Crippen molar-refractivity contribution in [2.24, 2.45) is 23.7 Å². The van der Waals surface area contributed by atoms with Crippen LogP contribution in [0.4, 0.5) is 0 Å². The van der Waals surface area contributed by atoms with Gasteiger partial charge in [0.15, 0.2) is 0 Å². The highest BCUT2D eigenvalue weighted by Crippen LogP contribution is 2.49. The Balaban J connectivity index is 0.00000147. The largest absolute Gasteiger partial charge is 0.342 e. The van der Waals surface area contributed by atoms with Crippen molar-refractivity contribution in [3.05, 3.63) is 0 Å². The smallest absolute Gasteiger partial charge is 0.222 e. The van der Waals surface area contributed by atoms with Crippen molar-refractivity contribution >= 4 is 18.3 Å². The fourth-order valence-corrected chi connectivity index (χ4v) is 4.73. The lowest BCUT2D eigenvalue weighted by molar-refractivity contribution is -0.134. The van der Waals surface area contributed by atoms with Crippen LogP contribution < -0.4 is 5.32 Å². The third-order valence-corrected chi connectivity index (χ3v) is 5.69. The quantitative estimate of drug-likeness (QED) is 0.866. The van der Waals surface area contributed by atoms with Gasteiger partial charge < -0.3 is 10.2 Å². The number of rotatable bonds is 4. The zero-order valence-electron chi connectivity index (χ0n) is 12.6. The van der Waals surface area contributed by atoms with E-state index in [0.717, 1.165) is 43.8 Å². The van der Waals surface area contributed by atoms with Gasteiger partial charge in [-0.05, 0) is 69.4 Å². The van der Waals surface area contributed by atoms with Crippen molar-refractivity contribution in [3.8, 4) is 0 Å². The summed E-state index contributed by atoms with van der Waals surface area (Å²) < 4.78 is 0. The number of fused-ring (bicyclic) bond motifs is 2. The Hall–Kier alpha value is -0.280. The van der Waals surface area contributed by atoms with Crippen LogP contribution in [0, 0.1) is 23.7 Å². The summed E-state index contributed by atoms with van der Waals surface area (Å²) >= 11 is 0. The monoisotopic (exact) mass is 300 g/mol. The minimum absolute atomic E-state index is 0. The van der Waals surface area contributed by atoms with Crippen LogP contribution in [0.1, 0.15) is 44.9 Å². The van der Waals surface area contributed by atoms with E-state index in [-0.39, 0.29) is 12.4 Å². The lowest BCUT2D eigenvalue weighted by Gasteiger charge is -2.34. The first kappa shape index (κ1) is 16.1. The molecule has 3 aliphatic rings. The average molecular weight is 301 g/mol. The summed E-state index contributed by atoms with van der Waals surface area (Å²) in [6.45, 7) is 3.04. The summed E-state index contributed by atoms with van der Waals surface area (Å²) in [5.74, 6) is 3.67. The van der Waals surface area contributed by atoms with E-state index in [0.29, 0.717) is 11.8 Å². The van der Waals surface area contributed by atoms with Crippen molar-refractivity contribution in [3.63, 3.8) is 0 Å². The summed E-state index contributed by atoms with van der Waals surface area (Å²) in [6.07, 6.45) is 8.89. The normalized spacial score (nSPS) is 36.0. The molecule has 0 aromatic heterocycles. The molecule has 0 aromatic carbocycles. The highest BCUT2D eigenvalue weighted by Gasteiger charge is 2.40. The van der Waals surface area contributed by atoms with Gasteiger partial charge in [-0.2, -0.15) is 0 Å². The Labute approximate surface area is 129 Å². The molecule has 4 atom stereocenters.